The van der Waals surface area contributed by atoms with Crippen LogP contribution in [0.2, 0.25) is 0 Å². The van der Waals surface area contributed by atoms with Crippen molar-refractivity contribution in [3.8, 4) is 5.75 Å². The third kappa shape index (κ3) is 4.98. The van der Waals surface area contributed by atoms with Gasteiger partial charge in [-0.25, -0.2) is 0 Å². The minimum absolute atomic E-state index is 0.0103. The third-order valence-electron chi connectivity index (χ3n) is 2.13. The van der Waals surface area contributed by atoms with E-state index in [2.05, 4.69) is 17.1 Å². The highest BCUT2D eigenvalue weighted by Gasteiger charge is 2.05. The Kier molecular flexibility index (Phi) is 6.40. The lowest BCUT2D eigenvalue weighted by atomic mass is 10.2. The number of anilines is 1. The Balaban J connectivity index is 2.72. The first kappa shape index (κ1) is 14.4. The molecule has 0 aliphatic rings. The molecule has 0 saturated carbocycles. The first-order valence-electron chi connectivity index (χ1n) is 5.11. The van der Waals surface area contributed by atoms with E-state index in [-0.39, 0.29) is 5.17 Å². The Labute approximate surface area is 116 Å². The van der Waals surface area contributed by atoms with Gasteiger partial charge in [0, 0.05) is 30.5 Å². The Morgan fingerprint density at radius 2 is 1.71 bits per heavy atom. The van der Waals surface area contributed by atoms with Gasteiger partial charge < -0.3 is 15.4 Å². The van der Waals surface area contributed by atoms with Gasteiger partial charge in [-0.05, 0) is 36.5 Å². The van der Waals surface area contributed by atoms with E-state index < -0.39 is 0 Å². The number of ether oxygens (including phenoxy) is 1. The van der Waals surface area contributed by atoms with E-state index in [1.165, 1.54) is 0 Å². The lowest BCUT2D eigenvalue weighted by Crippen LogP contribution is -2.27. The van der Waals surface area contributed by atoms with E-state index in [0.29, 0.717) is 17.5 Å². The molecule has 2 N–H and O–H groups in total. The number of rotatable bonds is 6. The van der Waals surface area contributed by atoms with Gasteiger partial charge in [0.25, 0.3) is 5.17 Å². The SMILES string of the molecule is NC(=S)Oc1ccc(N(CCCl)CCCl)cc1. The van der Waals surface area contributed by atoms with Crippen LogP contribution < -0.4 is 15.4 Å². The van der Waals surface area contributed by atoms with Crippen molar-refractivity contribution in [2.75, 3.05) is 29.7 Å². The molecule has 17 heavy (non-hydrogen) atoms. The third-order valence-corrected chi connectivity index (χ3v) is 2.55. The standard InChI is InChI=1S/C11H14Cl2N2OS/c12-5-7-15(8-6-13)9-1-3-10(4-2-9)16-11(14)17/h1-4H,5-8H2,(H2,14,17). The minimum atomic E-state index is 0.0103. The molecule has 0 aliphatic heterocycles. The van der Waals surface area contributed by atoms with E-state index in [9.17, 15) is 0 Å². The highest BCUT2D eigenvalue weighted by molar-refractivity contribution is 7.80. The Bertz CT molecular complexity index is 353. The number of thiocarbonyl (C=S) groups is 1. The fourth-order valence-corrected chi connectivity index (χ4v) is 1.92. The fraction of sp³-hybridized carbons (Fsp3) is 0.364. The van der Waals surface area contributed by atoms with Crippen molar-refractivity contribution in [1.29, 1.82) is 0 Å². The van der Waals surface area contributed by atoms with E-state index in [0.717, 1.165) is 18.8 Å². The summed E-state index contributed by atoms with van der Waals surface area (Å²) in [5.41, 5.74) is 6.32. The molecule has 0 atom stereocenters. The summed E-state index contributed by atoms with van der Waals surface area (Å²) >= 11 is 16.1. The van der Waals surface area contributed by atoms with Crippen LogP contribution in [0.3, 0.4) is 0 Å². The second-order valence-corrected chi connectivity index (χ2v) is 4.44. The molecule has 94 valence electrons. The highest BCUT2D eigenvalue weighted by Crippen LogP contribution is 2.19. The summed E-state index contributed by atoms with van der Waals surface area (Å²) in [5, 5.41) is 0.0103. The molecule has 0 saturated heterocycles. The first-order valence-corrected chi connectivity index (χ1v) is 6.59. The average Bonchev–Trinajstić information content (AvgIpc) is 2.29. The Morgan fingerprint density at radius 1 is 1.18 bits per heavy atom. The first-order chi connectivity index (χ1) is 8.17. The van der Waals surface area contributed by atoms with Crippen LogP contribution in [-0.4, -0.2) is 30.0 Å². The Morgan fingerprint density at radius 3 is 2.12 bits per heavy atom. The van der Waals surface area contributed by atoms with Gasteiger partial charge in [-0.15, -0.1) is 23.2 Å². The van der Waals surface area contributed by atoms with Crippen molar-refractivity contribution in [1.82, 2.24) is 0 Å². The summed E-state index contributed by atoms with van der Waals surface area (Å²) in [4.78, 5) is 2.10. The van der Waals surface area contributed by atoms with Gasteiger partial charge in [-0.3, -0.25) is 0 Å². The molecule has 1 aromatic carbocycles. The second-order valence-electron chi connectivity index (χ2n) is 3.28. The number of nitrogens with two attached hydrogens (primary N) is 1. The molecule has 0 aliphatic carbocycles. The maximum Gasteiger partial charge on any atom is 0.259 e. The number of benzene rings is 1. The van der Waals surface area contributed by atoms with Crippen molar-refractivity contribution in [3.63, 3.8) is 0 Å². The quantitative estimate of drug-likeness (QED) is 0.646. The molecule has 0 radical (unpaired) electrons. The predicted molar refractivity (Wildman–Crippen MR) is 77.5 cm³/mol. The lowest BCUT2D eigenvalue weighted by Gasteiger charge is -2.22. The number of halogens is 2. The molecule has 0 unspecified atom stereocenters. The topological polar surface area (TPSA) is 38.5 Å². The highest BCUT2D eigenvalue weighted by atomic mass is 35.5. The summed E-state index contributed by atoms with van der Waals surface area (Å²) in [5.74, 6) is 1.74. The van der Waals surface area contributed by atoms with Gasteiger partial charge in [-0.1, -0.05) is 0 Å². The monoisotopic (exact) mass is 292 g/mol. The number of alkyl halides is 2. The van der Waals surface area contributed by atoms with Gasteiger partial charge in [0.1, 0.15) is 5.75 Å². The smallest absolute Gasteiger partial charge is 0.259 e. The molecule has 0 aromatic heterocycles. The van der Waals surface area contributed by atoms with Crippen molar-refractivity contribution in [2.45, 2.75) is 0 Å². The average molecular weight is 293 g/mol. The molecule has 3 nitrogen and oxygen atoms in total. The number of nitrogens with zero attached hydrogens (tertiary/aromatic N) is 1. The van der Waals surface area contributed by atoms with Gasteiger partial charge >= 0.3 is 0 Å². The van der Waals surface area contributed by atoms with Gasteiger partial charge in [-0.2, -0.15) is 0 Å². The van der Waals surface area contributed by atoms with Crippen molar-refractivity contribution in [2.24, 2.45) is 5.73 Å². The van der Waals surface area contributed by atoms with E-state index in [4.69, 9.17) is 33.7 Å². The lowest BCUT2D eigenvalue weighted by molar-refractivity contribution is 0.557. The van der Waals surface area contributed by atoms with E-state index in [1.807, 2.05) is 24.3 Å². The Hall–Kier alpha value is -0.710. The molecule has 1 aromatic rings. The van der Waals surface area contributed by atoms with Crippen molar-refractivity contribution >= 4 is 46.3 Å². The summed E-state index contributed by atoms with van der Waals surface area (Å²) in [7, 11) is 0. The summed E-state index contributed by atoms with van der Waals surface area (Å²) < 4.78 is 5.11. The minimum Gasteiger partial charge on any atom is -0.432 e. The van der Waals surface area contributed by atoms with Crippen molar-refractivity contribution < 1.29 is 4.74 Å². The van der Waals surface area contributed by atoms with Crippen LogP contribution in [0, 0.1) is 0 Å². The molecule has 0 spiro atoms. The van der Waals surface area contributed by atoms with Crippen LogP contribution in [0.1, 0.15) is 0 Å². The fourth-order valence-electron chi connectivity index (χ4n) is 1.42. The molecular formula is C11H14Cl2N2OS. The largest absolute Gasteiger partial charge is 0.432 e. The number of hydrogen-bond acceptors (Lipinski definition) is 3. The maximum atomic E-state index is 5.74. The van der Waals surface area contributed by atoms with Crippen LogP contribution >= 0.6 is 35.4 Å². The molecule has 0 heterocycles. The molecular weight excluding hydrogens is 279 g/mol. The van der Waals surface area contributed by atoms with Crippen LogP contribution in [-0.2, 0) is 0 Å². The maximum absolute atomic E-state index is 5.74. The van der Waals surface area contributed by atoms with Crippen LogP contribution in [0.25, 0.3) is 0 Å². The number of hydrogen-bond donors (Lipinski definition) is 1. The molecule has 0 amide bonds. The van der Waals surface area contributed by atoms with Crippen molar-refractivity contribution in [3.05, 3.63) is 24.3 Å². The van der Waals surface area contributed by atoms with Crippen LogP contribution in [0.5, 0.6) is 5.75 Å². The summed E-state index contributed by atoms with van der Waals surface area (Å²) in [6.45, 7) is 1.51. The predicted octanol–water partition coefficient (Wildman–Crippen LogP) is 2.59. The zero-order chi connectivity index (χ0) is 12.7. The van der Waals surface area contributed by atoms with Crippen LogP contribution in [0.4, 0.5) is 5.69 Å². The molecule has 1 rings (SSSR count). The molecule has 0 bridgehead atoms. The van der Waals surface area contributed by atoms with Gasteiger partial charge in [0.2, 0.25) is 0 Å². The van der Waals surface area contributed by atoms with Gasteiger partial charge in [0.05, 0.1) is 0 Å². The summed E-state index contributed by atoms with van der Waals surface area (Å²) in [6, 6.07) is 7.47. The van der Waals surface area contributed by atoms with E-state index >= 15 is 0 Å². The zero-order valence-corrected chi connectivity index (χ0v) is 11.6. The second kappa shape index (κ2) is 7.58. The zero-order valence-electron chi connectivity index (χ0n) is 9.23. The van der Waals surface area contributed by atoms with E-state index in [1.54, 1.807) is 0 Å². The molecule has 0 fully saturated rings. The summed E-state index contributed by atoms with van der Waals surface area (Å²) in [6.07, 6.45) is 0. The van der Waals surface area contributed by atoms with Gasteiger partial charge in [0.15, 0.2) is 0 Å². The molecule has 6 heteroatoms. The van der Waals surface area contributed by atoms with Crippen LogP contribution in [0.15, 0.2) is 24.3 Å². The normalized spacial score (nSPS) is 10.0.